The van der Waals surface area contributed by atoms with Gasteiger partial charge >= 0.3 is 0 Å². The van der Waals surface area contributed by atoms with Crippen LogP contribution in [-0.2, 0) is 9.53 Å². The summed E-state index contributed by atoms with van der Waals surface area (Å²) in [5.74, 6) is 0.662. The van der Waals surface area contributed by atoms with E-state index in [1.54, 1.807) is 12.0 Å². The molecule has 0 fully saturated rings. The van der Waals surface area contributed by atoms with Crippen LogP contribution >= 0.6 is 0 Å². The number of amides is 1. The van der Waals surface area contributed by atoms with E-state index in [9.17, 15) is 9.90 Å². The molecule has 0 radical (unpaired) electrons. The van der Waals surface area contributed by atoms with Gasteiger partial charge < -0.3 is 15.2 Å². The van der Waals surface area contributed by atoms with Gasteiger partial charge in [-0.05, 0) is 32.7 Å². The van der Waals surface area contributed by atoms with E-state index in [4.69, 9.17) is 4.74 Å². The molecule has 1 amide bonds. The van der Waals surface area contributed by atoms with Gasteiger partial charge in [0.05, 0.1) is 19.3 Å². The quantitative estimate of drug-likeness (QED) is 0.620. The summed E-state index contributed by atoms with van der Waals surface area (Å²) in [7, 11) is 3.36. The summed E-state index contributed by atoms with van der Waals surface area (Å²) in [4.78, 5) is 13.6. The Bertz CT molecular complexity index is 247. The molecule has 19 heavy (non-hydrogen) atoms. The van der Waals surface area contributed by atoms with Gasteiger partial charge in [-0.1, -0.05) is 13.8 Å². The summed E-state index contributed by atoms with van der Waals surface area (Å²) in [5.41, 5.74) is 0. The Hall–Kier alpha value is -0.650. The topological polar surface area (TPSA) is 61.8 Å². The molecule has 0 saturated heterocycles. The van der Waals surface area contributed by atoms with E-state index in [0.29, 0.717) is 19.0 Å². The molecule has 0 aromatic carbocycles. The molecule has 5 heteroatoms. The van der Waals surface area contributed by atoms with Gasteiger partial charge in [-0.15, -0.1) is 0 Å². The lowest BCUT2D eigenvalue weighted by molar-refractivity contribution is -0.122. The highest BCUT2D eigenvalue weighted by Crippen LogP contribution is 2.06. The third-order valence-electron chi connectivity index (χ3n) is 2.88. The van der Waals surface area contributed by atoms with Crippen LogP contribution in [0.1, 0.15) is 33.6 Å². The molecule has 0 bridgehead atoms. The first-order valence-electron chi connectivity index (χ1n) is 7.00. The van der Waals surface area contributed by atoms with Crippen molar-refractivity contribution < 1.29 is 14.6 Å². The maximum Gasteiger partial charge on any atom is 0.234 e. The normalized spacial score (nSPS) is 14.7. The molecule has 0 spiro atoms. The number of nitrogens with one attached hydrogen (secondary N) is 1. The van der Waals surface area contributed by atoms with Gasteiger partial charge in [0.15, 0.2) is 0 Å². The highest BCUT2D eigenvalue weighted by atomic mass is 16.5. The van der Waals surface area contributed by atoms with E-state index >= 15 is 0 Å². The van der Waals surface area contributed by atoms with E-state index in [1.807, 2.05) is 14.0 Å². The lowest BCUT2D eigenvalue weighted by Gasteiger charge is -2.21. The predicted molar refractivity (Wildman–Crippen MR) is 77.1 cm³/mol. The van der Waals surface area contributed by atoms with Crippen molar-refractivity contribution in [2.75, 3.05) is 33.9 Å². The standard InChI is InChI=1S/C14H30N2O3/c1-11(2)6-7-12(3)15-14(18)9-16(4)8-13(17)10-19-5/h11-13,17H,6-10H2,1-5H3,(H,15,18). The van der Waals surface area contributed by atoms with Crippen molar-refractivity contribution in [2.45, 2.75) is 45.8 Å². The van der Waals surface area contributed by atoms with E-state index in [0.717, 1.165) is 12.8 Å². The maximum atomic E-state index is 11.8. The molecule has 0 heterocycles. The number of likely N-dealkylation sites (N-methyl/N-ethyl adjacent to an activating group) is 1. The molecule has 114 valence electrons. The summed E-state index contributed by atoms with van der Waals surface area (Å²) >= 11 is 0. The summed E-state index contributed by atoms with van der Waals surface area (Å²) < 4.78 is 4.85. The smallest absolute Gasteiger partial charge is 0.234 e. The molecule has 0 aliphatic rings. The highest BCUT2D eigenvalue weighted by molar-refractivity contribution is 5.78. The number of carbonyl (C=O) groups is 1. The molecule has 0 aromatic rings. The van der Waals surface area contributed by atoms with E-state index in [-0.39, 0.29) is 18.6 Å². The van der Waals surface area contributed by atoms with Crippen molar-refractivity contribution in [1.29, 1.82) is 0 Å². The third kappa shape index (κ3) is 10.9. The second kappa shape index (κ2) is 10.2. The van der Waals surface area contributed by atoms with Crippen LogP contribution in [0.5, 0.6) is 0 Å². The van der Waals surface area contributed by atoms with Gasteiger partial charge in [0.1, 0.15) is 0 Å². The van der Waals surface area contributed by atoms with Crippen LogP contribution in [0.3, 0.4) is 0 Å². The summed E-state index contributed by atoms with van der Waals surface area (Å²) in [5, 5.41) is 12.5. The van der Waals surface area contributed by atoms with Crippen LogP contribution in [0.2, 0.25) is 0 Å². The molecule has 0 aliphatic carbocycles. The van der Waals surface area contributed by atoms with Gasteiger partial charge in [0, 0.05) is 19.7 Å². The van der Waals surface area contributed by atoms with Crippen molar-refractivity contribution >= 4 is 5.91 Å². The van der Waals surface area contributed by atoms with E-state index in [1.165, 1.54) is 0 Å². The fourth-order valence-corrected chi connectivity index (χ4v) is 1.89. The molecule has 0 aromatic heterocycles. The van der Waals surface area contributed by atoms with E-state index < -0.39 is 6.10 Å². The molecule has 2 N–H and O–H groups in total. The van der Waals surface area contributed by atoms with Crippen LogP contribution < -0.4 is 5.32 Å². The lowest BCUT2D eigenvalue weighted by Crippen LogP contribution is -2.42. The number of aliphatic hydroxyl groups excluding tert-OH is 1. The Morgan fingerprint density at radius 1 is 1.32 bits per heavy atom. The van der Waals surface area contributed by atoms with Crippen molar-refractivity contribution in [3.63, 3.8) is 0 Å². The van der Waals surface area contributed by atoms with Crippen LogP contribution in [-0.4, -0.2) is 61.9 Å². The molecule has 2 atom stereocenters. The molecule has 0 saturated carbocycles. The maximum absolute atomic E-state index is 11.8. The second-order valence-corrected chi connectivity index (χ2v) is 5.75. The first-order valence-corrected chi connectivity index (χ1v) is 7.00. The molecule has 0 rings (SSSR count). The Balaban J connectivity index is 3.83. The number of ether oxygens (including phenoxy) is 1. The van der Waals surface area contributed by atoms with E-state index in [2.05, 4.69) is 19.2 Å². The lowest BCUT2D eigenvalue weighted by atomic mass is 10.0. The average Bonchev–Trinajstić information content (AvgIpc) is 2.25. The minimum Gasteiger partial charge on any atom is -0.389 e. The largest absolute Gasteiger partial charge is 0.389 e. The molecular formula is C14H30N2O3. The van der Waals surface area contributed by atoms with Gasteiger partial charge in [-0.3, -0.25) is 9.69 Å². The predicted octanol–water partition coefficient (Wildman–Crippen LogP) is 0.866. The fourth-order valence-electron chi connectivity index (χ4n) is 1.89. The van der Waals surface area contributed by atoms with Gasteiger partial charge in [-0.2, -0.15) is 0 Å². The fraction of sp³-hybridized carbons (Fsp3) is 0.929. The summed E-state index contributed by atoms with van der Waals surface area (Å²) in [6.45, 7) is 7.41. The number of nitrogens with zero attached hydrogens (tertiary/aromatic N) is 1. The average molecular weight is 274 g/mol. The minimum absolute atomic E-state index is 0.00312. The van der Waals surface area contributed by atoms with Crippen LogP contribution in [0, 0.1) is 5.92 Å². The van der Waals surface area contributed by atoms with Crippen LogP contribution in [0.15, 0.2) is 0 Å². The number of hydrogen-bond acceptors (Lipinski definition) is 4. The Morgan fingerprint density at radius 2 is 1.95 bits per heavy atom. The minimum atomic E-state index is -0.554. The zero-order valence-corrected chi connectivity index (χ0v) is 13.0. The summed E-state index contributed by atoms with van der Waals surface area (Å²) in [6.07, 6.45) is 1.56. The van der Waals surface area contributed by atoms with Crippen molar-refractivity contribution in [3.05, 3.63) is 0 Å². The Morgan fingerprint density at radius 3 is 2.47 bits per heavy atom. The molecular weight excluding hydrogens is 244 g/mol. The second-order valence-electron chi connectivity index (χ2n) is 5.75. The molecule has 0 aliphatic heterocycles. The molecule has 2 unspecified atom stereocenters. The van der Waals surface area contributed by atoms with Gasteiger partial charge in [0.2, 0.25) is 5.91 Å². The third-order valence-corrected chi connectivity index (χ3v) is 2.88. The number of aliphatic hydroxyl groups is 1. The SMILES string of the molecule is COCC(O)CN(C)CC(=O)NC(C)CCC(C)C. The number of methoxy groups -OCH3 is 1. The summed E-state index contributed by atoms with van der Waals surface area (Å²) in [6, 6.07) is 0.201. The first-order chi connectivity index (χ1) is 8.85. The highest BCUT2D eigenvalue weighted by Gasteiger charge is 2.13. The first kappa shape index (κ1) is 18.4. The zero-order valence-electron chi connectivity index (χ0n) is 13.0. The number of carbonyl (C=O) groups excluding carboxylic acids is 1. The van der Waals surface area contributed by atoms with Crippen molar-refractivity contribution in [3.8, 4) is 0 Å². The van der Waals surface area contributed by atoms with Crippen LogP contribution in [0.25, 0.3) is 0 Å². The van der Waals surface area contributed by atoms with Crippen molar-refractivity contribution in [1.82, 2.24) is 10.2 Å². The molecule has 5 nitrogen and oxygen atoms in total. The van der Waals surface area contributed by atoms with Gasteiger partial charge in [-0.25, -0.2) is 0 Å². The van der Waals surface area contributed by atoms with Gasteiger partial charge in [0.25, 0.3) is 0 Å². The number of rotatable bonds is 10. The van der Waals surface area contributed by atoms with Crippen LogP contribution in [0.4, 0.5) is 0 Å². The zero-order chi connectivity index (χ0) is 14.8. The Kier molecular flexibility index (Phi) is 9.83. The number of hydrogen-bond donors (Lipinski definition) is 2. The monoisotopic (exact) mass is 274 g/mol. The Labute approximate surface area is 117 Å². The van der Waals surface area contributed by atoms with Crippen molar-refractivity contribution in [2.24, 2.45) is 5.92 Å².